The normalized spacial score (nSPS) is 11.2. The molecule has 2 heterocycles. The first-order valence-electron chi connectivity index (χ1n) is 6.49. The molecule has 10 heteroatoms. The first kappa shape index (κ1) is 17.8. The highest BCUT2D eigenvalue weighted by Crippen LogP contribution is 2.32. The van der Waals surface area contributed by atoms with E-state index in [-0.39, 0.29) is 16.5 Å². The van der Waals surface area contributed by atoms with Crippen molar-refractivity contribution in [1.29, 1.82) is 0 Å². The van der Waals surface area contributed by atoms with Crippen molar-refractivity contribution in [2.24, 2.45) is 7.05 Å². The van der Waals surface area contributed by atoms with Gasteiger partial charge in [-0.15, -0.1) is 0 Å². The van der Waals surface area contributed by atoms with E-state index < -0.39 is 30.2 Å². The van der Waals surface area contributed by atoms with Crippen molar-refractivity contribution in [2.75, 3.05) is 11.9 Å². The standard InChI is InChI=1S/C14H11ClF3N3O3/c1-21-4-2-3-10(21)13(23)24-7-11(22)20-12-9(15)5-8(6-19-12)14(16,17)18/h2-6H,7H2,1H3,(H,19,20,22). The van der Waals surface area contributed by atoms with Gasteiger partial charge in [-0.25, -0.2) is 9.78 Å². The third-order valence-electron chi connectivity index (χ3n) is 2.91. The Bertz CT molecular complexity index is 774. The van der Waals surface area contributed by atoms with Gasteiger partial charge in [-0.1, -0.05) is 11.6 Å². The molecule has 2 aromatic rings. The minimum atomic E-state index is -4.59. The fraction of sp³-hybridized carbons (Fsp3) is 0.214. The number of rotatable bonds is 4. The number of hydrogen-bond donors (Lipinski definition) is 1. The Morgan fingerprint density at radius 3 is 2.67 bits per heavy atom. The average molecular weight is 362 g/mol. The highest BCUT2D eigenvalue weighted by molar-refractivity contribution is 6.33. The summed E-state index contributed by atoms with van der Waals surface area (Å²) >= 11 is 5.66. The molecule has 0 bridgehead atoms. The van der Waals surface area contributed by atoms with Gasteiger partial charge >= 0.3 is 12.1 Å². The summed E-state index contributed by atoms with van der Waals surface area (Å²) in [6.45, 7) is -0.636. The SMILES string of the molecule is Cn1cccc1C(=O)OCC(=O)Nc1ncc(C(F)(F)F)cc1Cl. The fourth-order valence-electron chi connectivity index (χ4n) is 1.73. The number of carbonyl (C=O) groups excluding carboxylic acids is 2. The van der Waals surface area contributed by atoms with Gasteiger partial charge in [0.25, 0.3) is 5.91 Å². The van der Waals surface area contributed by atoms with Crippen LogP contribution in [0.4, 0.5) is 19.0 Å². The zero-order valence-electron chi connectivity index (χ0n) is 12.2. The van der Waals surface area contributed by atoms with E-state index in [2.05, 4.69) is 10.3 Å². The van der Waals surface area contributed by atoms with Crippen molar-refractivity contribution in [3.63, 3.8) is 0 Å². The molecule has 0 aliphatic carbocycles. The van der Waals surface area contributed by atoms with Gasteiger partial charge in [0.05, 0.1) is 10.6 Å². The first-order chi connectivity index (χ1) is 11.2. The summed E-state index contributed by atoms with van der Waals surface area (Å²) in [6, 6.07) is 3.78. The number of nitrogens with one attached hydrogen (secondary N) is 1. The van der Waals surface area contributed by atoms with Crippen molar-refractivity contribution in [2.45, 2.75) is 6.18 Å². The molecule has 0 unspecified atom stereocenters. The lowest BCUT2D eigenvalue weighted by Gasteiger charge is -2.10. The Hall–Kier alpha value is -2.55. The van der Waals surface area contributed by atoms with E-state index in [1.165, 1.54) is 10.6 Å². The van der Waals surface area contributed by atoms with Crippen LogP contribution in [0.15, 0.2) is 30.6 Å². The van der Waals surface area contributed by atoms with Gasteiger partial charge in [0.1, 0.15) is 5.69 Å². The second-order valence-corrected chi connectivity index (χ2v) is 5.09. The van der Waals surface area contributed by atoms with Gasteiger partial charge < -0.3 is 14.6 Å². The summed E-state index contributed by atoms with van der Waals surface area (Å²) in [6.07, 6.45) is -2.43. The number of carbonyl (C=O) groups is 2. The number of hydrogen-bond acceptors (Lipinski definition) is 4. The van der Waals surface area contributed by atoms with E-state index in [1.807, 2.05) is 0 Å². The van der Waals surface area contributed by atoms with Gasteiger partial charge in [0, 0.05) is 19.4 Å². The number of nitrogens with zero attached hydrogens (tertiary/aromatic N) is 2. The van der Waals surface area contributed by atoms with E-state index in [0.29, 0.717) is 12.3 Å². The second-order valence-electron chi connectivity index (χ2n) is 4.68. The predicted molar refractivity (Wildman–Crippen MR) is 78.6 cm³/mol. The molecule has 1 amide bonds. The summed E-state index contributed by atoms with van der Waals surface area (Å²) in [5, 5.41) is 1.79. The molecular weight excluding hydrogens is 351 g/mol. The van der Waals surface area contributed by atoms with Crippen LogP contribution in [0.3, 0.4) is 0 Å². The molecule has 2 aromatic heterocycles. The molecule has 24 heavy (non-hydrogen) atoms. The highest BCUT2D eigenvalue weighted by atomic mass is 35.5. The zero-order valence-corrected chi connectivity index (χ0v) is 13.0. The van der Waals surface area contributed by atoms with Crippen molar-refractivity contribution in [1.82, 2.24) is 9.55 Å². The number of aromatic nitrogens is 2. The molecule has 0 aromatic carbocycles. The van der Waals surface area contributed by atoms with Crippen LogP contribution < -0.4 is 5.32 Å². The van der Waals surface area contributed by atoms with E-state index in [1.54, 1.807) is 19.3 Å². The number of alkyl halides is 3. The maximum Gasteiger partial charge on any atom is 0.417 e. The van der Waals surface area contributed by atoms with Crippen molar-refractivity contribution >= 4 is 29.3 Å². The van der Waals surface area contributed by atoms with Crippen molar-refractivity contribution in [3.8, 4) is 0 Å². The Morgan fingerprint density at radius 2 is 2.12 bits per heavy atom. The van der Waals surface area contributed by atoms with Gasteiger partial charge in [-0.3, -0.25) is 4.79 Å². The molecular formula is C14H11ClF3N3O3. The molecule has 0 spiro atoms. The third kappa shape index (κ3) is 4.25. The summed E-state index contributed by atoms with van der Waals surface area (Å²) < 4.78 is 43.8. The number of amides is 1. The molecule has 0 aliphatic heterocycles. The lowest BCUT2D eigenvalue weighted by molar-refractivity contribution is -0.137. The average Bonchev–Trinajstić information content (AvgIpc) is 2.92. The molecule has 0 fully saturated rings. The van der Waals surface area contributed by atoms with Gasteiger partial charge in [-0.05, 0) is 18.2 Å². The largest absolute Gasteiger partial charge is 0.451 e. The van der Waals surface area contributed by atoms with Crippen LogP contribution in [0.25, 0.3) is 0 Å². The van der Waals surface area contributed by atoms with Crippen LogP contribution >= 0.6 is 11.6 Å². The maximum atomic E-state index is 12.5. The Labute approximate surface area is 139 Å². The number of halogens is 4. The predicted octanol–water partition coefficient (Wildman–Crippen LogP) is 2.89. The molecule has 128 valence electrons. The molecule has 0 saturated carbocycles. The van der Waals surface area contributed by atoms with Crippen LogP contribution in [0.2, 0.25) is 5.02 Å². The Morgan fingerprint density at radius 1 is 1.42 bits per heavy atom. The van der Waals surface area contributed by atoms with Crippen LogP contribution in [0, 0.1) is 0 Å². The van der Waals surface area contributed by atoms with Crippen LogP contribution in [-0.2, 0) is 22.8 Å². The number of pyridine rings is 1. The van der Waals surface area contributed by atoms with Crippen LogP contribution in [0.5, 0.6) is 0 Å². The minimum Gasteiger partial charge on any atom is -0.451 e. The van der Waals surface area contributed by atoms with Crippen molar-refractivity contribution < 1.29 is 27.5 Å². The number of anilines is 1. The number of aryl methyl sites for hydroxylation is 1. The van der Waals surface area contributed by atoms with Gasteiger partial charge in [-0.2, -0.15) is 13.2 Å². The lowest BCUT2D eigenvalue weighted by atomic mass is 10.3. The number of esters is 1. The van der Waals surface area contributed by atoms with E-state index in [0.717, 1.165) is 0 Å². The topological polar surface area (TPSA) is 73.2 Å². The summed E-state index contributed by atoms with van der Waals surface area (Å²) in [5.74, 6) is -1.76. The minimum absolute atomic E-state index is 0.244. The van der Waals surface area contributed by atoms with E-state index in [4.69, 9.17) is 16.3 Å². The quantitative estimate of drug-likeness (QED) is 0.850. The third-order valence-corrected chi connectivity index (χ3v) is 3.20. The first-order valence-corrected chi connectivity index (χ1v) is 6.87. The maximum absolute atomic E-state index is 12.5. The van der Waals surface area contributed by atoms with Crippen molar-refractivity contribution in [3.05, 3.63) is 46.9 Å². The van der Waals surface area contributed by atoms with Gasteiger partial charge in [0.15, 0.2) is 12.4 Å². The van der Waals surface area contributed by atoms with Crippen LogP contribution in [0.1, 0.15) is 16.1 Å². The Balaban J connectivity index is 1.95. The number of ether oxygens (including phenoxy) is 1. The van der Waals surface area contributed by atoms with E-state index in [9.17, 15) is 22.8 Å². The summed E-state index contributed by atoms with van der Waals surface area (Å²) in [5.41, 5.74) is -0.797. The fourth-order valence-corrected chi connectivity index (χ4v) is 1.94. The van der Waals surface area contributed by atoms with Crippen LogP contribution in [-0.4, -0.2) is 28.0 Å². The summed E-state index contributed by atoms with van der Waals surface area (Å²) in [7, 11) is 1.63. The van der Waals surface area contributed by atoms with E-state index >= 15 is 0 Å². The molecule has 0 aliphatic rings. The monoisotopic (exact) mass is 361 g/mol. The molecule has 2 rings (SSSR count). The lowest BCUT2D eigenvalue weighted by Crippen LogP contribution is -2.22. The van der Waals surface area contributed by atoms with Gasteiger partial charge in [0.2, 0.25) is 0 Å². The second kappa shape index (κ2) is 6.91. The Kier molecular flexibility index (Phi) is 5.13. The summed E-state index contributed by atoms with van der Waals surface area (Å²) in [4.78, 5) is 26.9. The zero-order chi connectivity index (χ0) is 17.9. The molecule has 0 atom stereocenters. The smallest absolute Gasteiger partial charge is 0.417 e. The molecule has 1 N–H and O–H groups in total. The molecule has 0 radical (unpaired) electrons. The molecule has 6 nitrogen and oxygen atoms in total. The molecule has 0 saturated heterocycles. The highest BCUT2D eigenvalue weighted by Gasteiger charge is 2.31.